The van der Waals surface area contributed by atoms with Crippen LogP contribution in [0, 0.1) is 17.2 Å². The van der Waals surface area contributed by atoms with Crippen LogP contribution in [0.5, 0.6) is 0 Å². The highest BCUT2D eigenvalue weighted by atomic mass is 32.2. The molecule has 0 saturated carbocycles. The van der Waals surface area contributed by atoms with Crippen molar-refractivity contribution in [2.24, 2.45) is 5.92 Å². The fraction of sp³-hybridized carbons (Fsp3) is 0.385. The molecule has 0 aliphatic rings. The zero-order chi connectivity index (χ0) is 12.7. The van der Waals surface area contributed by atoms with Crippen molar-refractivity contribution >= 4 is 17.7 Å². The minimum absolute atomic E-state index is 0.0802. The summed E-state index contributed by atoms with van der Waals surface area (Å²) in [6.07, 6.45) is 0. The Labute approximate surface area is 106 Å². The molecule has 17 heavy (non-hydrogen) atoms. The maximum Gasteiger partial charge on any atom is 0.309 e. The average Bonchev–Trinajstić information content (AvgIpc) is 2.38. The van der Waals surface area contributed by atoms with E-state index >= 15 is 0 Å². The highest BCUT2D eigenvalue weighted by molar-refractivity contribution is 7.98. The Morgan fingerprint density at radius 3 is 2.65 bits per heavy atom. The Kier molecular flexibility index (Phi) is 5.58. The Balaban J connectivity index is 2.36. The van der Waals surface area contributed by atoms with Gasteiger partial charge in [0.15, 0.2) is 0 Å². The highest BCUT2D eigenvalue weighted by Crippen LogP contribution is 2.16. The van der Waals surface area contributed by atoms with Gasteiger partial charge in [-0.15, -0.1) is 0 Å². The lowest BCUT2D eigenvalue weighted by atomic mass is 10.2. The van der Waals surface area contributed by atoms with E-state index in [1.807, 2.05) is 19.1 Å². The number of esters is 1. The summed E-state index contributed by atoms with van der Waals surface area (Å²) in [5.74, 6) is 1.33. The Morgan fingerprint density at radius 2 is 2.12 bits per heavy atom. The second-order valence-electron chi connectivity index (χ2n) is 3.75. The largest absolute Gasteiger partial charge is 0.469 e. The van der Waals surface area contributed by atoms with Crippen LogP contribution in [0.4, 0.5) is 0 Å². The molecule has 0 N–H and O–H groups in total. The van der Waals surface area contributed by atoms with Crippen molar-refractivity contribution in [2.75, 3.05) is 12.9 Å². The first kappa shape index (κ1) is 13.6. The van der Waals surface area contributed by atoms with Crippen molar-refractivity contribution in [2.45, 2.75) is 12.7 Å². The first-order valence-electron chi connectivity index (χ1n) is 5.32. The van der Waals surface area contributed by atoms with Crippen LogP contribution in [0.2, 0.25) is 0 Å². The second kappa shape index (κ2) is 6.97. The van der Waals surface area contributed by atoms with Gasteiger partial charge in [0, 0.05) is 11.5 Å². The fourth-order valence-electron chi connectivity index (χ4n) is 1.30. The van der Waals surface area contributed by atoms with Gasteiger partial charge in [-0.25, -0.2) is 0 Å². The summed E-state index contributed by atoms with van der Waals surface area (Å²) in [6.45, 7) is 1.86. The van der Waals surface area contributed by atoms with E-state index in [1.165, 1.54) is 7.11 Å². The quantitative estimate of drug-likeness (QED) is 0.753. The van der Waals surface area contributed by atoms with Gasteiger partial charge in [0.05, 0.1) is 24.7 Å². The molecule has 0 heterocycles. The van der Waals surface area contributed by atoms with Gasteiger partial charge in [-0.3, -0.25) is 4.79 Å². The molecular weight excluding hydrogens is 234 g/mol. The second-order valence-corrected chi connectivity index (χ2v) is 4.78. The number of rotatable bonds is 5. The number of hydrogen-bond acceptors (Lipinski definition) is 4. The number of thioether (sulfide) groups is 1. The van der Waals surface area contributed by atoms with Gasteiger partial charge in [-0.2, -0.15) is 17.0 Å². The van der Waals surface area contributed by atoms with Gasteiger partial charge in [-0.1, -0.05) is 19.1 Å². The lowest BCUT2D eigenvalue weighted by molar-refractivity contribution is -0.143. The van der Waals surface area contributed by atoms with E-state index < -0.39 is 0 Å². The summed E-state index contributed by atoms with van der Waals surface area (Å²) < 4.78 is 4.66. The third-order valence-electron chi connectivity index (χ3n) is 2.32. The van der Waals surface area contributed by atoms with Crippen molar-refractivity contribution in [3.8, 4) is 6.07 Å². The topological polar surface area (TPSA) is 50.1 Å². The van der Waals surface area contributed by atoms with E-state index in [2.05, 4.69) is 10.8 Å². The summed E-state index contributed by atoms with van der Waals surface area (Å²) in [7, 11) is 1.41. The van der Waals surface area contributed by atoms with Gasteiger partial charge in [0.25, 0.3) is 0 Å². The minimum Gasteiger partial charge on any atom is -0.469 e. The SMILES string of the molecule is COC(=O)C(C)CSCc1ccc(C#N)cc1. The van der Waals surface area contributed by atoms with Crippen LogP contribution in [-0.4, -0.2) is 18.8 Å². The number of nitriles is 1. The molecule has 1 aromatic carbocycles. The van der Waals surface area contributed by atoms with E-state index in [0.717, 1.165) is 17.1 Å². The van der Waals surface area contributed by atoms with Crippen molar-refractivity contribution < 1.29 is 9.53 Å². The Hall–Kier alpha value is -1.47. The molecule has 0 amide bonds. The number of carbonyl (C=O) groups excluding carboxylic acids is 1. The fourth-order valence-corrected chi connectivity index (χ4v) is 2.33. The molecule has 3 nitrogen and oxygen atoms in total. The molecule has 0 spiro atoms. The Morgan fingerprint density at radius 1 is 1.47 bits per heavy atom. The third kappa shape index (κ3) is 4.49. The van der Waals surface area contributed by atoms with Crippen LogP contribution in [0.3, 0.4) is 0 Å². The van der Waals surface area contributed by atoms with Gasteiger partial charge in [-0.05, 0) is 17.7 Å². The van der Waals surface area contributed by atoms with Gasteiger partial charge < -0.3 is 4.74 Å². The van der Waals surface area contributed by atoms with Crippen LogP contribution in [0.15, 0.2) is 24.3 Å². The van der Waals surface area contributed by atoms with Crippen LogP contribution in [0.25, 0.3) is 0 Å². The maximum atomic E-state index is 11.2. The van der Waals surface area contributed by atoms with E-state index in [1.54, 1.807) is 23.9 Å². The minimum atomic E-state index is -0.169. The third-order valence-corrected chi connectivity index (χ3v) is 3.60. The zero-order valence-corrected chi connectivity index (χ0v) is 10.8. The maximum absolute atomic E-state index is 11.2. The molecule has 0 radical (unpaired) electrons. The smallest absolute Gasteiger partial charge is 0.309 e. The highest BCUT2D eigenvalue weighted by Gasteiger charge is 2.12. The predicted molar refractivity (Wildman–Crippen MR) is 68.5 cm³/mol. The summed E-state index contributed by atoms with van der Waals surface area (Å²) >= 11 is 1.69. The first-order valence-corrected chi connectivity index (χ1v) is 6.47. The normalized spacial score (nSPS) is 11.6. The summed E-state index contributed by atoms with van der Waals surface area (Å²) in [4.78, 5) is 11.2. The standard InChI is InChI=1S/C13H15NO2S/c1-10(13(15)16-2)8-17-9-12-5-3-11(7-14)4-6-12/h3-6,10H,8-9H2,1-2H3. The molecular formula is C13H15NO2S. The number of benzene rings is 1. The number of carbonyl (C=O) groups is 1. The van der Waals surface area contributed by atoms with E-state index in [9.17, 15) is 4.79 Å². The number of hydrogen-bond donors (Lipinski definition) is 0. The van der Waals surface area contributed by atoms with E-state index in [4.69, 9.17) is 5.26 Å². The first-order chi connectivity index (χ1) is 8.17. The predicted octanol–water partition coefficient (Wildman–Crippen LogP) is 2.60. The van der Waals surface area contributed by atoms with E-state index in [-0.39, 0.29) is 11.9 Å². The molecule has 0 bridgehead atoms. The molecule has 1 atom stereocenters. The molecule has 1 rings (SSSR count). The van der Waals surface area contributed by atoms with E-state index in [0.29, 0.717) is 5.56 Å². The number of ether oxygens (including phenoxy) is 1. The molecule has 0 aromatic heterocycles. The molecule has 1 unspecified atom stereocenters. The Bertz CT molecular complexity index is 408. The molecule has 0 fully saturated rings. The molecule has 0 saturated heterocycles. The lowest BCUT2D eigenvalue weighted by Crippen LogP contribution is -2.14. The van der Waals surface area contributed by atoms with Crippen LogP contribution in [-0.2, 0) is 15.3 Å². The van der Waals surface area contributed by atoms with Crippen LogP contribution >= 0.6 is 11.8 Å². The number of nitrogens with zero attached hydrogens (tertiary/aromatic N) is 1. The van der Waals surface area contributed by atoms with Crippen molar-refractivity contribution in [3.63, 3.8) is 0 Å². The van der Waals surface area contributed by atoms with Gasteiger partial charge in [0.2, 0.25) is 0 Å². The van der Waals surface area contributed by atoms with Gasteiger partial charge >= 0.3 is 5.97 Å². The molecule has 0 aliphatic carbocycles. The summed E-state index contributed by atoms with van der Waals surface area (Å²) in [5, 5.41) is 8.66. The van der Waals surface area contributed by atoms with Crippen LogP contribution < -0.4 is 0 Å². The number of methoxy groups -OCH3 is 1. The van der Waals surface area contributed by atoms with Crippen molar-refractivity contribution in [1.82, 2.24) is 0 Å². The molecule has 4 heteroatoms. The summed E-state index contributed by atoms with van der Waals surface area (Å²) in [6, 6.07) is 9.57. The zero-order valence-electron chi connectivity index (χ0n) is 9.97. The van der Waals surface area contributed by atoms with Crippen molar-refractivity contribution in [3.05, 3.63) is 35.4 Å². The van der Waals surface area contributed by atoms with Crippen LogP contribution in [0.1, 0.15) is 18.1 Å². The molecule has 90 valence electrons. The monoisotopic (exact) mass is 249 g/mol. The van der Waals surface area contributed by atoms with Crippen molar-refractivity contribution in [1.29, 1.82) is 5.26 Å². The lowest BCUT2D eigenvalue weighted by Gasteiger charge is -2.08. The van der Waals surface area contributed by atoms with Gasteiger partial charge in [0.1, 0.15) is 0 Å². The molecule has 1 aromatic rings. The summed E-state index contributed by atoms with van der Waals surface area (Å²) in [5.41, 5.74) is 1.83. The average molecular weight is 249 g/mol. The molecule has 0 aliphatic heterocycles.